The molecule has 30 heavy (non-hydrogen) atoms. The van der Waals surface area contributed by atoms with Crippen LogP contribution in [0, 0.1) is 0 Å². The number of anilines is 5. The molecule has 8 nitrogen and oxygen atoms in total. The van der Waals surface area contributed by atoms with Crippen molar-refractivity contribution in [3.63, 3.8) is 0 Å². The molecule has 2 aromatic heterocycles. The standard InChI is InChI=1S/C21H24BrN7O/c1-27-10-12-29(13-11-27)16-7-5-15(6-8-16)24-21-23-14-17(22)19(26-21)25-18-4-3-9-28(2)20(18)30/h3-9,14H,10-13H2,1-2H3,(H2,23,24,25,26). The highest BCUT2D eigenvalue weighted by Crippen LogP contribution is 2.25. The average Bonchev–Trinajstić information content (AvgIpc) is 2.75. The van der Waals surface area contributed by atoms with Crippen molar-refractivity contribution in [1.29, 1.82) is 0 Å². The first kappa shape index (κ1) is 20.4. The number of rotatable bonds is 5. The number of hydrogen-bond donors (Lipinski definition) is 2. The maximum atomic E-state index is 12.3. The number of aryl methyl sites for hydroxylation is 1. The Balaban J connectivity index is 1.48. The van der Waals surface area contributed by atoms with Crippen LogP contribution in [0.25, 0.3) is 0 Å². The van der Waals surface area contributed by atoms with Crippen molar-refractivity contribution in [2.75, 3.05) is 48.8 Å². The van der Waals surface area contributed by atoms with Crippen molar-refractivity contribution in [2.45, 2.75) is 0 Å². The molecule has 156 valence electrons. The van der Waals surface area contributed by atoms with Crippen LogP contribution in [0.1, 0.15) is 0 Å². The Hall–Kier alpha value is -2.91. The van der Waals surface area contributed by atoms with Gasteiger partial charge in [0.15, 0.2) is 5.82 Å². The minimum Gasteiger partial charge on any atom is -0.369 e. The summed E-state index contributed by atoms with van der Waals surface area (Å²) in [6.07, 6.45) is 3.37. The summed E-state index contributed by atoms with van der Waals surface area (Å²) in [7, 11) is 3.86. The lowest BCUT2D eigenvalue weighted by Crippen LogP contribution is -2.44. The van der Waals surface area contributed by atoms with Crippen LogP contribution in [0.4, 0.5) is 28.8 Å². The second-order valence-corrected chi connectivity index (χ2v) is 8.17. The molecular formula is C21H24BrN7O. The Bertz CT molecular complexity index is 1080. The van der Waals surface area contributed by atoms with Crippen molar-refractivity contribution in [3.05, 3.63) is 63.6 Å². The Kier molecular flexibility index (Phi) is 6.01. The normalized spacial score (nSPS) is 14.6. The molecule has 0 saturated carbocycles. The third-order valence-electron chi connectivity index (χ3n) is 5.11. The Morgan fingerprint density at radius 2 is 1.73 bits per heavy atom. The van der Waals surface area contributed by atoms with E-state index in [4.69, 9.17) is 0 Å². The molecule has 0 atom stereocenters. The highest BCUT2D eigenvalue weighted by molar-refractivity contribution is 9.10. The van der Waals surface area contributed by atoms with Gasteiger partial charge >= 0.3 is 0 Å². The van der Waals surface area contributed by atoms with E-state index >= 15 is 0 Å². The van der Waals surface area contributed by atoms with Crippen LogP contribution in [-0.4, -0.2) is 52.7 Å². The number of benzene rings is 1. The molecule has 9 heteroatoms. The summed E-state index contributed by atoms with van der Waals surface area (Å²) in [6, 6.07) is 11.8. The van der Waals surface area contributed by atoms with Crippen molar-refractivity contribution < 1.29 is 0 Å². The lowest BCUT2D eigenvalue weighted by Gasteiger charge is -2.34. The van der Waals surface area contributed by atoms with Gasteiger partial charge in [0.05, 0.1) is 4.47 Å². The smallest absolute Gasteiger partial charge is 0.274 e. The molecule has 0 unspecified atom stereocenters. The van der Waals surface area contributed by atoms with Crippen molar-refractivity contribution in [2.24, 2.45) is 7.05 Å². The topological polar surface area (TPSA) is 78.3 Å². The molecule has 0 amide bonds. The van der Waals surface area contributed by atoms with Gasteiger partial charge < -0.3 is 25.0 Å². The minimum atomic E-state index is -0.128. The summed E-state index contributed by atoms with van der Waals surface area (Å²) < 4.78 is 2.18. The van der Waals surface area contributed by atoms with E-state index in [0.29, 0.717) is 21.9 Å². The molecule has 1 aromatic carbocycles. The van der Waals surface area contributed by atoms with Gasteiger partial charge in [-0.15, -0.1) is 0 Å². The van der Waals surface area contributed by atoms with Gasteiger partial charge in [-0.1, -0.05) is 0 Å². The third-order valence-corrected chi connectivity index (χ3v) is 5.69. The van der Waals surface area contributed by atoms with Gasteiger partial charge in [-0.05, 0) is 59.4 Å². The van der Waals surface area contributed by atoms with E-state index in [9.17, 15) is 4.79 Å². The Morgan fingerprint density at radius 3 is 2.47 bits per heavy atom. The van der Waals surface area contributed by atoms with Gasteiger partial charge in [0.2, 0.25) is 5.95 Å². The highest BCUT2D eigenvalue weighted by Gasteiger charge is 2.14. The van der Waals surface area contributed by atoms with E-state index in [-0.39, 0.29) is 5.56 Å². The van der Waals surface area contributed by atoms with Crippen molar-refractivity contribution in [1.82, 2.24) is 19.4 Å². The Morgan fingerprint density at radius 1 is 1.00 bits per heavy atom. The van der Waals surface area contributed by atoms with Crippen molar-refractivity contribution in [3.8, 4) is 0 Å². The van der Waals surface area contributed by atoms with Crippen LogP contribution in [0.2, 0.25) is 0 Å². The number of hydrogen-bond acceptors (Lipinski definition) is 7. The molecule has 1 aliphatic rings. The summed E-state index contributed by atoms with van der Waals surface area (Å²) >= 11 is 3.44. The first-order valence-electron chi connectivity index (χ1n) is 9.75. The zero-order valence-corrected chi connectivity index (χ0v) is 18.6. The second kappa shape index (κ2) is 8.85. The van der Waals surface area contributed by atoms with Gasteiger partial charge in [-0.25, -0.2) is 4.98 Å². The second-order valence-electron chi connectivity index (χ2n) is 7.32. The molecule has 3 aromatic rings. The third kappa shape index (κ3) is 4.63. The number of likely N-dealkylation sites (N-methyl/N-ethyl adjacent to an activating group) is 1. The zero-order valence-electron chi connectivity index (χ0n) is 17.0. The summed E-state index contributed by atoms with van der Waals surface area (Å²) in [5, 5.41) is 6.31. The quantitative estimate of drug-likeness (QED) is 0.593. The predicted octanol–water partition coefficient (Wildman–Crippen LogP) is 3.18. The van der Waals surface area contributed by atoms with Gasteiger partial charge in [0.25, 0.3) is 5.56 Å². The van der Waals surface area contributed by atoms with E-state index < -0.39 is 0 Å². The van der Waals surface area contributed by atoms with Gasteiger partial charge in [0.1, 0.15) is 5.69 Å². The van der Waals surface area contributed by atoms with Gasteiger partial charge in [-0.3, -0.25) is 4.79 Å². The molecule has 2 N–H and O–H groups in total. The summed E-state index contributed by atoms with van der Waals surface area (Å²) in [6.45, 7) is 4.22. The van der Waals surface area contributed by atoms with E-state index in [1.807, 2.05) is 12.1 Å². The molecule has 0 aliphatic carbocycles. The molecule has 1 aliphatic heterocycles. The number of halogens is 1. The zero-order chi connectivity index (χ0) is 21.1. The maximum Gasteiger partial charge on any atom is 0.274 e. The molecule has 4 rings (SSSR count). The monoisotopic (exact) mass is 469 g/mol. The summed E-state index contributed by atoms with van der Waals surface area (Å²) in [5.41, 5.74) is 2.43. The van der Waals surface area contributed by atoms with E-state index in [2.05, 4.69) is 65.5 Å². The largest absolute Gasteiger partial charge is 0.369 e. The van der Waals surface area contributed by atoms with Crippen LogP contribution >= 0.6 is 15.9 Å². The number of pyridine rings is 1. The molecule has 0 spiro atoms. The van der Waals surface area contributed by atoms with Crippen LogP contribution in [0.5, 0.6) is 0 Å². The lowest BCUT2D eigenvalue weighted by atomic mass is 10.2. The first-order chi connectivity index (χ1) is 14.5. The van der Waals surface area contributed by atoms with Crippen LogP contribution in [-0.2, 0) is 7.05 Å². The lowest BCUT2D eigenvalue weighted by molar-refractivity contribution is 0.313. The van der Waals surface area contributed by atoms with Crippen molar-refractivity contribution >= 4 is 44.8 Å². The SMILES string of the molecule is CN1CCN(c2ccc(Nc3ncc(Br)c(Nc4cccn(C)c4=O)n3)cc2)CC1. The fourth-order valence-corrected chi connectivity index (χ4v) is 3.57. The molecule has 3 heterocycles. The fourth-order valence-electron chi connectivity index (χ4n) is 3.28. The summed E-state index contributed by atoms with van der Waals surface area (Å²) in [4.78, 5) is 25.8. The molecule has 0 radical (unpaired) electrons. The van der Waals surface area contributed by atoms with E-state index in [0.717, 1.165) is 31.9 Å². The molecule has 1 saturated heterocycles. The van der Waals surface area contributed by atoms with Crippen LogP contribution in [0.15, 0.2) is 58.1 Å². The van der Waals surface area contributed by atoms with E-state index in [1.165, 1.54) is 10.3 Å². The first-order valence-corrected chi connectivity index (χ1v) is 10.5. The highest BCUT2D eigenvalue weighted by atomic mass is 79.9. The number of nitrogens with one attached hydrogen (secondary N) is 2. The maximum absolute atomic E-state index is 12.3. The molecular weight excluding hydrogens is 446 g/mol. The Labute approximate surface area is 183 Å². The average molecular weight is 470 g/mol. The van der Waals surface area contributed by atoms with Gasteiger partial charge in [-0.2, -0.15) is 4.98 Å². The fraction of sp³-hybridized carbons (Fsp3) is 0.286. The number of nitrogens with zero attached hydrogens (tertiary/aromatic N) is 5. The molecule has 1 fully saturated rings. The number of piperazine rings is 1. The molecule has 0 bridgehead atoms. The number of aromatic nitrogens is 3. The van der Waals surface area contributed by atoms with Crippen LogP contribution in [0.3, 0.4) is 0 Å². The van der Waals surface area contributed by atoms with Gasteiger partial charge in [0, 0.05) is 57.0 Å². The summed E-state index contributed by atoms with van der Waals surface area (Å²) in [5.74, 6) is 0.964. The minimum absolute atomic E-state index is 0.128. The van der Waals surface area contributed by atoms with E-state index in [1.54, 1.807) is 31.6 Å². The van der Waals surface area contributed by atoms with Crippen LogP contribution < -0.4 is 21.1 Å². The predicted molar refractivity (Wildman–Crippen MR) is 124 cm³/mol.